The zero-order chi connectivity index (χ0) is 17.5. The van der Waals surface area contributed by atoms with Gasteiger partial charge in [-0.2, -0.15) is 5.26 Å². The third-order valence-electron chi connectivity index (χ3n) is 3.71. The second-order valence-corrected chi connectivity index (χ2v) is 5.37. The normalized spacial score (nSPS) is 9.88. The van der Waals surface area contributed by atoms with Crippen molar-refractivity contribution in [3.8, 4) is 6.07 Å². The fraction of sp³-hybridized carbons (Fsp3) is 0.211. The summed E-state index contributed by atoms with van der Waals surface area (Å²) in [6.07, 6.45) is 0. The molecule has 0 aliphatic rings. The number of nitriles is 1. The Bertz CT molecular complexity index is 793. The van der Waals surface area contributed by atoms with Gasteiger partial charge in [0.1, 0.15) is 6.07 Å². The van der Waals surface area contributed by atoms with E-state index in [-0.39, 0.29) is 11.8 Å². The first-order valence-corrected chi connectivity index (χ1v) is 7.65. The van der Waals surface area contributed by atoms with Crippen LogP contribution >= 0.6 is 0 Å². The highest BCUT2D eigenvalue weighted by molar-refractivity contribution is 5.96. The third-order valence-corrected chi connectivity index (χ3v) is 3.71. The molecule has 5 nitrogen and oxygen atoms in total. The molecular weight excluding hydrogens is 302 g/mol. The molecule has 0 aliphatic heterocycles. The number of hydrogen-bond donors (Lipinski definition) is 1. The van der Waals surface area contributed by atoms with Crippen molar-refractivity contribution in [2.75, 3.05) is 18.0 Å². The first-order chi connectivity index (χ1) is 11.5. The molecular formula is C19H19N3O2. The molecule has 2 aromatic carbocycles. The number of benzene rings is 2. The summed E-state index contributed by atoms with van der Waals surface area (Å²) in [5.41, 5.74) is 2.49. The summed E-state index contributed by atoms with van der Waals surface area (Å²) in [6, 6.07) is 16.3. The Kier molecular flexibility index (Phi) is 5.69. The molecule has 2 amide bonds. The highest BCUT2D eigenvalue weighted by atomic mass is 16.2. The molecule has 0 saturated heterocycles. The van der Waals surface area contributed by atoms with Gasteiger partial charge in [0.05, 0.1) is 11.3 Å². The van der Waals surface area contributed by atoms with Gasteiger partial charge in [-0.05, 0) is 30.7 Å². The predicted molar refractivity (Wildman–Crippen MR) is 92.7 cm³/mol. The lowest BCUT2D eigenvalue weighted by atomic mass is 10.1. The molecule has 5 heteroatoms. The molecule has 0 bridgehead atoms. The van der Waals surface area contributed by atoms with E-state index in [0.717, 1.165) is 5.56 Å². The fourth-order valence-corrected chi connectivity index (χ4v) is 2.46. The van der Waals surface area contributed by atoms with E-state index in [2.05, 4.69) is 11.4 Å². The number of aryl methyl sites for hydroxylation is 1. The molecule has 0 aromatic heterocycles. The van der Waals surface area contributed by atoms with Gasteiger partial charge in [0, 0.05) is 25.6 Å². The Morgan fingerprint density at radius 2 is 1.79 bits per heavy atom. The molecule has 0 radical (unpaired) electrons. The number of rotatable bonds is 5. The fourth-order valence-electron chi connectivity index (χ4n) is 2.46. The maximum absolute atomic E-state index is 12.2. The molecule has 1 N–H and O–H groups in total. The van der Waals surface area contributed by atoms with Gasteiger partial charge >= 0.3 is 0 Å². The quantitative estimate of drug-likeness (QED) is 0.920. The van der Waals surface area contributed by atoms with E-state index in [1.165, 1.54) is 11.8 Å². The smallest absolute Gasteiger partial charge is 0.251 e. The molecule has 0 heterocycles. The molecule has 0 unspecified atom stereocenters. The van der Waals surface area contributed by atoms with Crippen LogP contribution in [0.2, 0.25) is 0 Å². The maximum Gasteiger partial charge on any atom is 0.251 e. The molecule has 0 aliphatic carbocycles. The van der Waals surface area contributed by atoms with Crippen LogP contribution in [0.5, 0.6) is 0 Å². The Morgan fingerprint density at radius 1 is 1.12 bits per heavy atom. The minimum Gasteiger partial charge on any atom is -0.350 e. The largest absolute Gasteiger partial charge is 0.350 e. The Labute approximate surface area is 141 Å². The van der Waals surface area contributed by atoms with E-state index >= 15 is 0 Å². The van der Waals surface area contributed by atoms with Crippen molar-refractivity contribution in [3.63, 3.8) is 0 Å². The van der Waals surface area contributed by atoms with E-state index in [9.17, 15) is 14.9 Å². The summed E-state index contributed by atoms with van der Waals surface area (Å²) in [5, 5.41) is 12.0. The van der Waals surface area contributed by atoms with Crippen molar-refractivity contribution in [1.82, 2.24) is 5.32 Å². The minimum absolute atomic E-state index is 0.176. The van der Waals surface area contributed by atoms with Crippen LogP contribution in [-0.2, 0) is 4.79 Å². The molecule has 122 valence electrons. The number of carbonyl (C=O) groups is 2. The van der Waals surface area contributed by atoms with E-state index in [0.29, 0.717) is 29.9 Å². The number of amides is 2. The second kappa shape index (κ2) is 7.93. The lowest BCUT2D eigenvalue weighted by molar-refractivity contribution is -0.116. The number of anilines is 1. The molecule has 0 atom stereocenters. The number of para-hydroxylation sites is 1. The van der Waals surface area contributed by atoms with Crippen LogP contribution in [0.3, 0.4) is 0 Å². The van der Waals surface area contributed by atoms with Gasteiger partial charge < -0.3 is 10.2 Å². The van der Waals surface area contributed by atoms with Crippen molar-refractivity contribution in [2.24, 2.45) is 0 Å². The molecule has 2 rings (SSSR count). The molecule has 0 saturated carbocycles. The van der Waals surface area contributed by atoms with Crippen LogP contribution < -0.4 is 10.2 Å². The van der Waals surface area contributed by atoms with Crippen molar-refractivity contribution < 1.29 is 9.59 Å². The number of carbonyl (C=O) groups excluding carboxylic acids is 2. The van der Waals surface area contributed by atoms with Crippen LogP contribution in [0.1, 0.15) is 28.4 Å². The summed E-state index contributed by atoms with van der Waals surface area (Å²) >= 11 is 0. The van der Waals surface area contributed by atoms with Gasteiger partial charge in [0.2, 0.25) is 5.91 Å². The van der Waals surface area contributed by atoms with Gasteiger partial charge in [0.25, 0.3) is 5.91 Å². The Balaban J connectivity index is 2.06. The monoisotopic (exact) mass is 321 g/mol. The van der Waals surface area contributed by atoms with Crippen molar-refractivity contribution >= 4 is 17.5 Å². The predicted octanol–water partition coefficient (Wildman–Crippen LogP) is 2.65. The van der Waals surface area contributed by atoms with Gasteiger partial charge in [0.15, 0.2) is 0 Å². The summed E-state index contributed by atoms with van der Waals surface area (Å²) in [7, 11) is 0. The van der Waals surface area contributed by atoms with Gasteiger partial charge in [-0.1, -0.05) is 30.3 Å². The van der Waals surface area contributed by atoms with Crippen LogP contribution in [0, 0.1) is 18.3 Å². The van der Waals surface area contributed by atoms with Gasteiger partial charge in [-0.25, -0.2) is 0 Å². The van der Waals surface area contributed by atoms with E-state index in [1.54, 1.807) is 30.3 Å². The number of nitrogens with one attached hydrogen (secondary N) is 1. The van der Waals surface area contributed by atoms with Gasteiger partial charge in [-0.3, -0.25) is 9.59 Å². The van der Waals surface area contributed by atoms with Gasteiger partial charge in [-0.15, -0.1) is 0 Å². The Hall–Kier alpha value is -3.13. The van der Waals surface area contributed by atoms with Crippen LogP contribution in [0.15, 0.2) is 48.5 Å². The highest BCUT2D eigenvalue weighted by Crippen LogP contribution is 2.19. The van der Waals surface area contributed by atoms with Crippen LogP contribution in [-0.4, -0.2) is 24.9 Å². The average Bonchev–Trinajstić information content (AvgIpc) is 2.58. The zero-order valence-electron chi connectivity index (χ0n) is 13.7. The second-order valence-electron chi connectivity index (χ2n) is 5.37. The first kappa shape index (κ1) is 17.2. The lowest BCUT2D eigenvalue weighted by Gasteiger charge is -2.22. The highest BCUT2D eigenvalue weighted by Gasteiger charge is 2.15. The zero-order valence-corrected chi connectivity index (χ0v) is 13.7. The Morgan fingerprint density at radius 3 is 2.46 bits per heavy atom. The molecule has 24 heavy (non-hydrogen) atoms. The molecule has 0 fully saturated rings. The summed E-state index contributed by atoms with van der Waals surface area (Å²) < 4.78 is 0. The molecule has 2 aromatic rings. The summed E-state index contributed by atoms with van der Waals surface area (Å²) in [6.45, 7) is 3.91. The number of nitrogens with zero attached hydrogens (tertiary/aromatic N) is 2. The average molecular weight is 321 g/mol. The standard InChI is InChI=1S/C19H19N3O2/c1-14-7-3-5-9-17(14)19(24)21-11-12-22(15(2)23)18-10-6-4-8-16(18)13-20/h3-10H,11-12H2,1-2H3,(H,21,24). The van der Waals surface area contributed by atoms with Crippen molar-refractivity contribution in [3.05, 3.63) is 65.2 Å². The van der Waals surface area contributed by atoms with Crippen LogP contribution in [0.25, 0.3) is 0 Å². The topological polar surface area (TPSA) is 73.2 Å². The van der Waals surface area contributed by atoms with Crippen molar-refractivity contribution in [1.29, 1.82) is 5.26 Å². The summed E-state index contributed by atoms with van der Waals surface area (Å²) in [5.74, 6) is -0.354. The molecule has 0 spiro atoms. The van der Waals surface area contributed by atoms with Crippen molar-refractivity contribution in [2.45, 2.75) is 13.8 Å². The lowest BCUT2D eigenvalue weighted by Crippen LogP contribution is -2.38. The van der Waals surface area contributed by atoms with Crippen LogP contribution in [0.4, 0.5) is 5.69 Å². The SMILES string of the molecule is CC(=O)N(CCNC(=O)c1ccccc1C)c1ccccc1C#N. The first-order valence-electron chi connectivity index (χ1n) is 7.65. The summed E-state index contributed by atoms with van der Waals surface area (Å²) in [4.78, 5) is 25.6. The van der Waals surface area contributed by atoms with E-state index < -0.39 is 0 Å². The third kappa shape index (κ3) is 3.99. The van der Waals surface area contributed by atoms with E-state index in [1.807, 2.05) is 25.1 Å². The maximum atomic E-state index is 12.2. The van der Waals surface area contributed by atoms with E-state index in [4.69, 9.17) is 0 Å². The minimum atomic E-state index is -0.178. The number of hydrogen-bond acceptors (Lipinski definition) is 3.